The van der Waals surface area contributed by atoms with Gasteiger partial charge in [-0.1, -0.05) is 54.6 Å². The van der Waals surface area contributed by atoms with E-state index in [0.717, 1.165) is 15.4 Å². The number of anilines is 1. The van der Waals surface area contributed by atoms with Crippen molar-refractivity contribution < 1.29 is 14.4 Å². The van der Waals surface area contributed by atoms with Crippen molar-refractivity contribution in [3.63, 3.8) is 0 Å². The molecule has 150 valence electrons. The second kappa shape index (κ2) is 8.55. The maximum Gasteiger partial charge on any atom is 0.262 e. The van der Waals surface area contributed by atoms with Gasteiger partial charge in [0.25, 0.3) is 11.8 Å². The van der Waals surface area contributed by atoms with Crippen LogP contribution < -0.4 is 5.32 Å². The molecule has 0 saturated heterocycles. The van der Waals surface area contributed by atoms with Crippen LogP contribution >= 0.6 is 11.8 Å². The van der Waals surface area contributed by atoms with Crippen LogP contribution in [0, 0.1) is 0 Å². The van der Waals surface area contributed by atoms with Gasteiger partial charge in [0.1, 0.15) is 6.04 Å². The van der Waals surface area contributed by atoms with E-state index in [2.05, 4.69) is 5.32 Å². The molecule has 5 nitrogen and oxygen atoms in total. The number of hydrogen-bond acceptors (Lipinski definition) is 4. The zero-order chi connectivity index (χ0) is 21.1. The summed E-state index contributed by atoms with van der Waals surface area (Å²) in [5.41, 5.74) is 2.19. The van der Waals surface area contributed by atoms with Crippen molar-refractivity contribution in [2.75, 3.05) is 11.6 Å². The monoisotopic (exact) mass is 416 g/mol. The summed E-state index contributed by atoms with van der Waals surface area (Å²) in [5.74, 6) is -1.27. The van der Waals surface area contributed by atoms with Crippen LogP contribution in [0.5, 0.6) is 0 Å². The molecule has 1 atom stereocenters. The van der Waals surface area contributed by atoms with Crippen molar-refractivity contribution >= 4 is 35.2 Å². The highest BCUT2D eigenvalue weighted by atomic mass is 32.2. The second-order valence-corrected chi connectivity index (χ2v) is 7.77. The maximum atomic E-state index is 13.3. The highest BCUT2D eigenvalue weighted by molar-refractivity contribution is 7.98. The lowest BCUT2D eigenvalue weighted by Gasteiger charge is -2.26. The van der Waals surface area contributed by atoms with E-state index in [1.165, 1.54) is 11.8 Å². The van der Waals surface area contributed by atoms with Gasteiger partial charge in [0.2, 0.25) is 5.91 Å². The van der Waals surface area contributed by atoms with Crippen molar-refractivity contribution in [3.8, 4) is 0 Å². The first-order valence-electron chi connectivity index (χ1n) is 9.55. The van der Waals surface area contributed by atoms with Gasteiger partial charge in [0, 0.05) is 11.3 Å². The molecule has 4 rings (SSSR count). The Morgan fingerprint density at radius 3 is 2.07 bits per heavy atom. The molecule has 3 aromatic rings. The number of para-hydroxylation sites is 1. The average Bonchev–Trinajstić information content (AvgIpc) is 3.03. The zero-order valence-corrected chi connectivity index (χ0v) is 17.2. The van der Waals surface area contributed by atoms with Crippen LogP contribution in [-0.2, 0) is 11.2 Å². The Kier molecular flexibility index (Phi) is 5.68. The third kappa shape index (κ3) is 3.74. The van der Waals surface area contributed by atoms with Crippen molar-refractivity contribution in [3.05, 3.63) is 95.6 Å². The van der Waals surface area contributed by atoms with E-state index in [0.29, 0.717) is 16.8 Å². The molecule has 1 aliphatic heterocycles. The fourth-order valence-corrected chi connectivity index (χ4v) is 4.15. The molecule has 3 amide bonds. The Hall–Kier alpha value is -3.38. The summed E-state index contributed by atoms with van der Waals surface area (Å²) < 4.78 is 0. The first-order chi connectivity index (χ1) is 14.6. The molecule has 0 spiro atoms. The van der Waals surface area contributed by atoms with Gasteiger partial charge in [0.05, 0.1) is 16.8 Å². The Morgan fingerprint density at radius 1 is 0.867 bits per heavy atom. The standard InChI is InChI=1S/C24H20N2O3S/c1-30-21-14-8-7-13-19(21)25-22(27)20(15-16-9-3-2-4-10-16)26-23(28)17-11-5-6-12-18(17)24(26)29/h2-14,20H,15H2,1H3,(H,25,27)/t20-/m0/s1. The summed E-state index contributed by atoms with van der Waals surface area (Å²) in [6.45, 7) is 0. The number of nitrogens with zero attached hydrogens (tertiary/aromatic N) is 1. The third-order valence-corrected chi connectivity index (χ3v) is 5.87. The molecule has 0 aliphatic carbocycles. The van der Waals surface area contributed by atoms with Gasteiger partial charge in [-0.3, -0.25) is 19.3 Å². The molecule has 1 N–H and O–H groups in total. The number of hydrogen-bond donors (Lipinski definition) is 1. The summed E-state index contributed by atoms with van der Waals surface area (Å²) in [6, 6.07) is 22.6. The molecule has 6 heteroatoms. The van der Waals surface area contributed by atoms with E-state index in [1.54, 1.807) is 24.3 Å². The van der Waals surface area contributed by atoms with Gasteiger partial charge in [-0.25, -0.2) is 0 Å². The second-order valence-electron chi connectivity index (χ2n) is 6.92. The number of rotatable bonds is 6. The molecule has 1 heterocycles. The maximum absolute atomic E-state index is 13.3. The first-order valence-corrected chi connectivity index (χ1v) is 10.8. The third-order valence-electron chi connectivity index (χ3n) is 5.08. The number of thioether (sulfide) groups is 1. The van der Waals surface area contributed by atoms with Crippen molar-refractivity contribution in [2.24, 2.45) is 0 Å². The van der Waals surface area contributed by atoms with Crippen molar-refractivity contribution in [1.29, 1.82) is 0 Å². The molecular weight excluding hydrogens is 396 g/mol. The van der Waals surface area contributed by atoms with Crippen LogP contribution in [0.25, 0.3) is 0 Å². The van der Waals surface area contributed by atoms with Crippen LogP contribution in [0.2, 0.25) is 0 Å². The lowest BCUT2D eigenvalue weighted by molar-refractivity contribution is -0.119. The van der Waals surface area contributed by atoms with E-state index < -0.39 is 23.8 Å². The lowest BCUT2D eigenvalue weighted by atomic mass is 10.0. The highest BCUT2D eigenvalue weighted by Crippen LogP contribution is 2.28. The molecule has 3 aromatic carbocycles. The first kappa shape index (κ1) is 19.9. The minimum Gasteiger partial charge on any atom is -0.323 e. The highest BCUT2D eigenvalue weighted by Gasteiger charge is 2.42. The summed E-state index contributed by atoms with van der Waals surface area (Å²) in [7, 11) is 0. The quantitative estimate of drug-likeness (QED) is 0.482. The van der Waals surface area contributed by atoms with Crippen LogP contribution in [0.1, 0.15) is 26.3 Å². The Morgan fingerprint density at radius 2 is 1.43 bits per heavy atom. The van der Waals surface area contributed by atoms with Gasteiger partial charge < -0.3 is 5.32 Å². The Balaban J connectivity index is 1.69. The van der Waals surface area contributed by atoms with Crippen LogP contribution in [0.3, 0.4) is 0 Å². The Bertz CT molecular complexity index is 1080. The lowest BCUT2D eigenvalue weighted by Crippen LogP contribution is -2.48. The van der Waals surface area contributed by atoms with Crippen LogP contribution in [0.4, 0.5) is 5.69 Å². The largest absolute Gasteiger partial charge is 0.323 e. The van der Waals surface area contributed by atoms with Crippen molar-refractivity contribution in [2.45, 2.75) is 17.4 Å². The number of carbonyl (C=O) groups is 3. The summed E-state index contributed by atoms with van der Waals surface area (Å²) >= 11 is 1.51. The van der Waals surface area contributed by atoms with E-state index in [9.17, 15) is 14.4 Å². The molecule has 0 unspecified atom stereocenters. The molecule has 30 heavy (non-hydrogen) atoms. The summed E-state index contributed by atoms with van der Waals surface area (Å²) in [5, 5.41) is 2.92. The smallest absolute Gasteiger partial charge is 0.262 e. The fraction of sp³-hybridized carbons (Fsp3) is 0.125. The van der Waals surface area contributed by atoms with Gasteiger partial charge in [-0.2, -0.15) is 0 Å². The van der Waals surface area contributed by atoms with Gasteiger partial charge in [0.15, 0.2) is 0 Å². The number of nitrogens with one attached hydrogen (secondary N) is 1. The zero-order valence-electron chi connectivity index (χ0n) is 16.4. The van der Waals surface area contributed by atoms with Gasteiger partial charge in [-0.05, 0) is 36.1 Å². The van der Waals surface area contributed by atoms with E-state index in [-0.39, 0.29) is 6.42 Å². The average molecular weight is 417 g/mol. The minimum atomic E-state index is -0.963. The topological polar surface area (TPSA) is 66.5 Å². The SMILES string of the molecule is CSc1ccccc1NC(=O)[C@H](Cc1ccccc1)N1C(=O)c2ccccc2C1=O. The minimum absolute atomic E-state index is 0.236. The molecule has 1 aliphatic rings. The fourth-order valence-electron chi connectivity index (χ4n) is 3.59. The molecular formula is C24H20N2O3S. The summed E-state index contributed by atoms with van der Waals surface area (Å²) in [4.78, 5) is 41.4. The summed E-state index contributed by atoms with van der Waals surface area (Å²) in [6.07, 6.45) is 2.16. The number of fused-ring (bicyclic) bond motifs is 1. The molecule has 0 radical (unpaired) electrons. The molecule has 0 saturated carbocycles. The number of imide groups is 1. The van der Waals surface area contributed by atoms with Gasteiger partial charge >= 0.3 is 0 Å². The van der Waals surface area contributed by atoms with E-state index in [1.807, 2.05) is 60.9 Å². The molecule has 0 fully saturated rings. The molecule has 0 bridgehead atoms. The number of carbonyl (C=O) groups excluding carboxylic acids is 3. The predicted molar refractivity (Wildman–Crippen MR) is 118 cm³/mol. The molecule has 0 aromatic heterocycles. The van der Waals surface area contributed by atoms with Crippen LogP contribution in [-0.4, -0.2) is 34.9 Å². The number of benzene rings is 3. The van der Waals surface area contributed by atoms with Gasteiger partial charge in [-0.15, -0.1) is 11.8 Å². The Labute approximate surface area is 179 Å². The van der Waals surface area contributed by atoms with Crippen LogP contribution in [0.15, 0.2) is 83.8 Å². The van der Waals surface area contributed by atoms with Crippen molar-refractivity contribution in [1.82, 2.24) is 4.90 Å². The number of amides is 3. The van der Waals surface area contributed by atoms with E-state index >= 15 is 0 Å². The van der Waals surface area contributed by atoms with E-state index in [4.69, 9.17) is 0 Å². The normalized spacial score (nSPS) is 13.8. The predicted octanol–water partition coefficient (Wildman–Crippen LogP) is 4.25.